The van der Waals surface area contributed by atoms with Gasteiger partial charge in [-0.05, 0) is 31.0 Å². The van der Waals surface area contributed by atoms with Crippen LogP contribution in [0.4, 0.5) is 0 Å². The SMILES string of the molecule is CCC1CN(CC(O)c2ccc(C#N)cc2)CC(C)O1. The van der Waals surface area contributed by atoms with Gasteiger partial charge in [-0.1, -0.05) is 19.1 Å². The quantitative estimate of drug-likeness (QED) is 0.913. The van der Waals surface area contributed by atoms with Crippen LogP contribution < -0.4 is 0 Å². The average molecular weight is 274 g/mol. The Morgan fingerprint density at radius 2 is 2.10 bits per heavy atom. The van der Waals surface area contributed by atoms with Crippen molar-refractivity contribution in [2.75, 3.05) is 19.6 Å². The molecule has 3 atom stereocenters. The number of aliphatic hydroxyl groups is 1. The number of hydrogen-bond acceptors (Lipinski definition) is 4. The Balaban J connectivity index is 1.96. The predicted molar refractivity (Wildman–Crippen MR) is 77.2 cm³/mol. The van der Waals surface area contributed by atoms with E-state index >= 15 is 0 Å². The molecule has 0 radical (unpaired) electrons. The lowest BCUT2D eigenvalue weighted by Crippen LogP contribution is -2.47. The maximum atomic E-state index is 10.3. The van der Waals surface area contributed by atoms with Gasteiger partial charge in [0.2, 0.25) is 0 Å². The Bertz CT molecular complexity index is 466. The molecule has 1 aromatic carbocycles. The molecule has 0 aromatic heterocycles. The van der Waals surface area contributed by atoms with E-state index in [1.165, 1.54) is 0 Å². The second-order valence-corrected chi connectivity index (χ2v) is 5.45. The number of hydrogen-bond donors (Lipinski definition) is 1. The fourth-order valence-electron chi connectivity index (χ4n) is 2.64. The highest BCUT2D eigenvalue weighted by Gasteiger charge is 2.25. The third-order valence-corrected chi connectivity index (χ3v) is 3.71. The van der Waals surface area contributed by atoms with Gasteiger partial charge in [-0.3, -0.25) is 4.90 Å². The molecule has 1 N–H and O–H groups in total. The van der Waals surface area contributed by atoms with Crippen molar-refractivity contribution in [2.24, 2.45) is 0 Å². The van der Waals surface area contributed by atoms with Gasteiger partial charge < -0.3 is 9.84 Å². The van der Waals surface area contributed by atoms with Crippen LogP contribution in [0.2, 0.25) is 0 Å². The number of morpholine rings is 1. The Hall–Kier alpha value is -1.41. The van der Waals surface area contributed by atoms with Crippen LogP contribution >= 0.6 is 0 Å². The van der Waals surface area contributed by atoms with Crippen LogP contribution in [0, 0.1) is 11.3 Å². The van der Waals surface area contributed by atoms with Crippen LogP contribution in [0.15, 0.2) is 24.3 Å². The van der Waals surface area contributed by atoms with Gasteiger partial charge in [-0.2, -0.15) is 5.26 Å². The van der Waals surface area contributed by atoms with Crippen LogP contribution in [-0.2, 0) is 4.74 Å². The second-order valence-electron chi connectivity index (χ2n) is 5.45. The highest BCUT2D eigenvalue weighted by Crippen LogP contribution is 2.19. The second kappa shape index (κ2) is 6.85. The maximum Gasteiger partial charge on any atom is 0.0991 e. The summed E-state index contributed by atoms with van der Waals surface area (Å²) in [5, 5.41) is 19.1. The van der Waals surface area contributed by atoms with Crippen LogP contribution in [0.3, 0.4) is 0 Å². The topological polar surface area (TPSA) is 56.5 Å². The molecule has 1 aromatic rings. The largest absolute Gasteiger partial charge is 0.387 e. The summed E-state index contributed by atoms with van der Waals surface area (Å²) in [6, 6.07) is 9.22. The van der Waals surface area contributed by atoms with E-state index in [1.54, 1.807) is 12.1 Å². The Kier molecular flexibility index (Phi) is 5.13. The van der Waals surface area contributed by atoms with Crippen LogP contribution in [-0.4, -0.2) is 41.8 Å². The molecule has 1 aliphatic rings. The number of aliphatic hydroxyl groups excluding tert-OH is 1. The van der Waals surface area contributed by atoms with Gasteiger partial charge in [0.1, 0.15) is 0 Å². The molecular formula is C16H22N2O2. The van der Waals surface area contributed by atoms with E-state index in [1.807, 2.05) is 12.1 Å². The number of rotatable bonds is 4. The fourth-order valence-corrected chi connectivity index (χ4v) is 2.64. The summed E-state index contributed by atoms with van der Waals surface area (Å²) in [7, 11) is 0. The summed E-state index contributed by atoms with van der Waals surface area (Å²) < 4.78 is 5.82. The molecule has 3 unspecified atom stereocenters. The highest BCUT2D eigenvalue weighted by atomic mass is 16.5. The van der Waals surface area contributed by atoms with Crippen molar-refractivity contribution in [3.05, 3.63) is 35.4 Å². The van der Waals surface area contributed by atoms with E-state index < -0.39 is 6.10 Å². The smallest absolute Gasteiger partial charge is 0.0991 e. The molecule has 1 aliphatic heterocycles. The van der Waals surface area contributed by atoms with Crippen molar-refractivity contribution in [3.8, 4) is 6.07 Å². The van der Waals surface area contributed by atoms with Crippen molar-refractivity contribution in [3.63, 3.8) is 0 Å². The van der Waals surface area contributed by atoms with E-state index in [0.717, 1.165) is 25.1 Å². The maximum absolute atomic E-state index is 10.3. The molecule has 4 heteroatoms. The number of ether oxygens (including phenoxy) is 1. The average Bonchev–Trinajstić information content (AvgIpc) is 2.46. The van der Waals surface area contributed by atoms with Crippen molar-refractivity contribution in [2.45, 2.75) is 38.6 Å². The minimum atomic E-state index is -0.523. The first-order chi connectivity index (χ1) is 9.62. The van der Waals surface area contributed by atoms with Crippen molar-refractivity contribution >= 4 is 0 Å². The van der Waals surface area contributed by atoms with E-state index in [9.17, 15) is 5.11 Å². The first-order valence-electron chi connectivity index (χ1n) is 7.18. The molecule has 1 saturated heterocycles. The lowest BCUT2D eigenvalue weighted by molar-refractivity contribution is -0.0856. The first-order valence-corrected chi connectivity index (χ1v) is 7.18. The van der Waals surface area contributed by atoms with Gasteiger partial charge in [0.05, 0.1) is 29.9 Å². The fraction of sp³-hybridized carbons (Fsp3) is 0.562. The standard InChI is InChI=1S/C16H22N2O2/c1-3-15-10-18(9-12(2)20-15)11-16(19)14-6-4-13(8-17)5-7-14/h4-7,12,15-16,19H,3,9-11H2,1-2H3. The molecule has 0 aliphatic carbocycles. The molecule has 0 saturated carbocycles. The lowest BCUT2D eigenvalue weighted by Gasteiger charge is -2.37. The van der Waals surface area contributed by atoms with E-state index in [-0.39, 0.29) is 12.2 Å². The van der Waals surface area contributed by atoms with Gasteiger partial charge in [0.15, 0.2) is 0 Å². The van der Waals surface area contributed by atoms with Crippen LogP contribution in [0.5, 0.6) is 0 Å². The molecular weight excluding hydrogens is 252 g/mol. The van der Waals surface area contributed by atoms with E-state index in [4.69, 9.17) is 10.00 Å². The van der Waals surface area contributed by atoms with Gasteiger partial charge in [-0.15, -0.1) is 0 Å². The zero-order valence-corrected chi connectivity index (χ0v) is 12.1. The molecule has 0 spiro atoms. The minimum absolute atomic E-state index is 0.210. The van der Waals surface area contributed by atoms with Gasteiger partial charge in [-0.25, -0.2) is 0 Å². The molecule has 108 valence electrons. The molecule has 20 heavy (non-hydrogen) atoms. The molecule has 1 fully saturated rings. The Morgan fingerprint density at radius 3 is 2.70 bits per heavy atom. The highest BCUT2D eigenvalue weighted by molar-refractivity contribution is 5.32. The zero-order chi connectivity index (χ0) is 14.5. The Morgan fingerprint density at radius 1 is 1.40 bits per heavy atom. The summed E-state index contributed by atoms with van der Waals surface area (Å²) in [6.07, 6.45) is 0.938. The molecule has 1 heterocycles. The Labute approximate surface area is 120 Å². The predicted octanol–water partition coefficient (Wildman–Crippen LogP) is 2.09. The normalized spacial score (nSPS) is 25.1. The van der Waals surface area contributed by atoms with Crippen LogP contribution in [0.1, 0.15) is 37.5 Å². The summed E-state index contributed by atoms with van der Waals surface area (Å²) in [5.74, 6) is 0. The third kappa shape index (κ3) is 3.80. The van der Waals surface area contributed by atoms with Crippen molar-refractivity contribution in [1.29, 1.82) is 5.26 Å². The minimum Gasteiger partial charge on any atom is -0.387 e. The number of nitrogens with zero attached hydrogens (tertiary/aromatic N) is 2. The molecule has 4 nitrogen and oxygen atoms in total. The number of benzene rings is 1. The molecule has 0 bridgehead atoms. The molecule has 2 rings (SSSR count). The van der Waals surface area contributed by atoms with Crippen molar-refractivity contribution < 1.29 is 9.84 Å². The van der Waals surface area contributed by atoms with Gasteiger partial charge in [0.25, 0.3) is 0 Å². The monoisotopic (exact) mass is 274 g/mol. The summed E-state index contributed by atoms with van der Waals surface area (Å²) in [6.45, 7) is 6.52. The number of nitriles is 1. The summed E-state index contributed by atoms with van der Waals surface area (Å²) in [5.41, 5.74) is 1.48. The lowest BCUT2D eigenvalue weighted by atomic mass is 10.1. The molecule has 0 amide bonds. The van der Waals surface area contributed by atoms with Gasteiger partial charge >= 0.3 is 0 Å². The third-order valence-electron chi connectivity index (χ3n) is 3.71. The van der Waals surface area contributed by atoms with E-state index in [2.05, 4.69) is 24.8 Å². The van der Waals surface area contributed by atoms with Crippen molar-refractivity contribution in [1.82, 2.24) is 4.90 Å². The first kappa shape index (κ1) is 15.0. The zero-order valence-electron chi connectivity index (χ0n) is 12.1. The van der Waals surface area contributed by atoms with Crippen LogP contribution in [0.25, 0.3) is 0 Å². The van der Waals surface area contributed by atoms with E-state index in [0.29, 0.717) is 12.1 Å². The summed E-state index contributed by atoms with van der Waals surface area (Å²) in [4.78, 5) is 2.26. The number of β-amino-alcohol motifs (C(OH)–C–C–N with tert-alkyl or cyclic N) is 1. The van der Waals surface area contributed by atoms with Gasteiger partial charge in [0, 0.05) is 19.6 Å². The summed E-state index contributed by atoms with van der Waals surface area (Å²) >= 11 is 0.